The number of fused-ring (bicyclic) bond motifs is 1. The summed E-state index contributed by atoms with van der Waals surface area (Å²) in [5, 5.41) is 3.26. The average molecular weight is 442 g/mol. The second-order valence-corrected chi connectivity index (χ2v) is 9.35. The van der Waals surface area contributed by atoms with Crippen LogP contribution >= 0.6 is 27.3 Å². The lowest BCUT2D eigenvalue weighted by Crippen LogP contribution is -2.43. The number of amides is 2. The number of hydrogen-bond donors (Lipinski definition) is 0. The number of carbonyl (C=O) groups is 2. The minimum atomic E-state index is -0.754. The van der Waals surface area contributed by atoms with Crippen molar-refractivity contribution in [3.63, 3.8) is 0 Å². The molecular weight excluding hydrogens is 418 g/mol. The summed E-state index contributed by atoms with van der Waals surface area (Å²) in [6.45, 7) is 10.5. The molecule has 0 atom stereocenters. The zero-order valence-corrected chi connectivity index (χ0v) is 18.3. The Labute approximate surface area is 166 Å². The Morgan fingerprint density at radius 3 is 2.04 bits per heavy atom. The smallest absolute Gasteiger partial charge is 0.424 e. The second-order valence-electron chi connectivity index (χ2n) is 7.88. The van der Waals surface area contributed by atoms with Gasteiger partial charge in [-0.05, 0) is 59.2 Å². The molecule has 2 aromatic rings. The zero-order valence-electron chi connectivity index (χ0n) is 15.9. The molecule has 0 saturated heterocycles. The van der Waals surface area contributed by atoms with Crippen molar-refractivity contribution in [2.75, 3.05) is 4.90 Å². The standard InChI is InChI=1S/C19H24BrNO4S/c1-18(2,3)24-16(22)21(17(23)25-19(4,5)6)14-11-26-15-8-7-12(10-20)9-13(14)15/h7-9,11H,10H2,1-6H3. The van der Waals surface area contributed by atoms with Crippen LogP contribution in [0.4, 0.5) is 15.3 Å². The van der Waals surface area contributed by atoms with E-state index in [0.717, 1.165) is 20.5 Å². The molecule has 0 aliphatic rings. The molecule has 0 radical (unpaired) electrons. The highest BCUT2D eigenvalue weighted by Crippen LogP contribution is 2.35. The van der Waals surface area contributed by atoms with Crippen LogP contribution in [0.25, 0.3) is 10.1 Å². The van der Waals surface area contributed by atoms with E-state index in [2.05, 4.69) is 15.9 Å². The van der Waals surface area contributed by atoms with Gasteiger partial charge < -0.3 is 9.47 Å². The molecule has 26 heavy (non-hydrogen) atoms. The third-order valence-electron chi connectivity index (χ3n) is 3.16. The number of alkyl halides is 1. The van der Waals surface area contributed by atoms with Gasteiger partial charge >= 0.3 is 12.2 Å². The lowest BCUT2D eigenvalue weighted by Gasteiger charge is -2.28. The first kappa shape index (κ1) is 20.7. The first-order valence-electron chi connectivity index (χ1n) is 8.23. The maximum atomic E-state index is 12.8. The molecule has 0 aliphatic heterocycles. The molecule has 1 heterocycles. The van der Waals surface area contributed by atoms with Gasteiger partial charge in [-0.25, -0.2) is 9.59 Å². The molecule has 1 aromatic carbocycles. The number of anilines is 1. The van der Waals surface area contributed by atoms with Crippen molar-refractivity contribution in [3.05, 3.63) is 29.1 Å². The number of hydrogen-bond acceptors (Lipinski definition) is 5. The van der Waals surface area contributed by atoms with E-state index in [-0.39, 0.29) is 0 Å². The van der Waals surface area contributed by atoms with Gasteiger partial charge in [-0.2, -0.15) is 4.90 Å². The highest BCUT2D eigenvalue weighted by molar-refractivity contribution is 9.08. The van der Waals surface area contributed by atoms with E-state index in [1.165, 1.54) is 11.3 Å². The molecule has 7 heteroatoms. The Balaban J connectivity index is 2.53. The number of carbonyl (C=O) groups excluding carboxylic acids is 2. The van der Waals surface area contributed by atoms with Crippen LogP contribution in [0, 0.1) is 0 Å². The summed E-state index contributed by atoms with van der Waals surface area (Å²) in [5.74, 6) is 0. The molecule has 0 aliphatic carbocycles. The van der Waals surface area contributed by atoms with E-state index < -0.39 is 23.4 Å². The van der Waals surface area contributed by atoms with E-state index in [4.69, 9.17) is 9.47 Å². The monoisotopic (exact) mass is 441 g/mol. The highest BCUT2D eigenvalue weighted by atomic mass is 79.9. The maximum Gasteiger partial charge on any atom is 0.424 e. The van der Waals surface area contributed by atoms with Crippen molar-refractivity contribution < 1.29 is 19.1 Å². The van der Waals surface area contributed by atoms with E-state index in [1.54, 1.807) is 46.9 Å². The molecule has 1 aromatic heterocycles. The first-order chi connectivity index (χ1) is 11.9. The van der Waals surface area contributed by atoms with Crippen LogP contribution < -0.4 is 4.90 Å². The fourth-order valence-corrected chi connectivity index (χ4v) is 3.46. The third-order valence-corrected chi connectivity index (χ3v) is 4.76. The zero-order chi connectivity index (χ0) is 19.7. The Morgan fingerprint density at radius 2 is 1.58 bits per heavy atom. The summed E-state index contributed by atoms with van der Waals surface area (Å²) in [5.41, 5.74) is 0.0516. The maximum absolute atomic E-state index is 12.8. The fraction of sp³-hybridized carbons (Fsp3) is 0.474. The number of halogens is 1. The topological polar surface area (TPSA) is 55.8 Å². The van der Waals surface area contributed by atoms with Crippen molar-refractivity contribution in [2.45, 2.75) is 58.1 Å². The Hall–Kier alpha value is -1.60. The van der Waals surface area contributed by atoms with Gasteiger partial charge in [-0.15, -0.1) is 11.3 Å². The van der Waals surface area contributed by atoms with Crippen LogP contribution in [0.5, 0.6) is 0 Å². The van der Waals surface area contributed by atoms with Crippen LogP contribution in [-0.2, 0) is 14.8 Å². The quantitative estimate of drug-likeness (QED) is 0.500. The summed E-state index contributed by atoms with van der Waals surface area (Å²) in [6, 6.07) is 5.93. The number of thiophene rings is 1. The first-order valence-corrected chi connectivity index (χ1v) is 10.2. The van der Waals surface area contributed by atoms with Gasteiger partial charge in [0.05, 0.1) is 5.69 Å². The second kappa shape index (κ2) is 7.56. The number of ether oxygens (including phenoxy) is 2. The highest BCUT2D eigenvalue weighted by Gasteiger charge is 2.34. The summed E-state index contributed by atoms with van der Waals surface area (Å²) >= 11 is 4.90. The minimum absolute atomic E-state index is 0.469. The van der Waals surface area contributed by atoms with E-state index in [1.807, 2.05) is 18.2 Å². The minimum Gasteiger partial charge on any atom is -0.443 e. The van der Waals surface area contributed by atoms with E-state index in [0.29, 0.717) is 11.0 Å². The summed E-state index contributed by atoms with van der Waals surface area (Å²) in [6.07, 6.45) is -1.51. The predicted molar refractivity (Wildman–Crippen MR) is 109 cm³/mol. The van der Waals surface area contributed by atoms with Crippen molar-refractivity contribution in [2.24, 2.45) is 0 Å². The van der Waals surface area contributed by atoms with Gasteiger partial charge in [-0.3, -0.25) is 0 Å². The molecule has 142 valence electrons. The van der Waals surface area contributed by atoms with Crippen molar-refractivity contribution in [1.29, 1.82) is 0 Å². The Bertz CT molecular complexity index is 789. The molecule has 2 rings (SSSR count). The number of nitrogens with zero attached hydrogens (tertiary/aromatic N) is 1. The lowest BCUT2D eigenvalue weighted by molar-refractivity contribution is 0.0431. The SMILES string of the molecule is CC(C)(C)OC(=O)N(C(=O)OC(C)(C)C)c1csc2ccc(CBr)cc12. The molecular formula is C19H24BrNO4S. The van der Waals surface area contributed by atoms with Crippen LogP contribution in [0.3, 0.4) is 0 Å². The number of imide groups is 1. The molecule has 0 bridgehead atoms. The van der Waals surface area contributed by atoms with Crippen molar-refractivity contribution >= 4 is 55.2 Å². The number of rotatable bonds is 2. The average Bonchev–Trinajstić information content (AvgIpc) is 2.86. The molecule has 0 N–H and O–H groups in total. The summed E-state index contributed by atoms with van der Waals surface area (Å²) in [7, 11) is 0. The van der Waals surface area contributed by atoms with Crippen LogP contribution in [0.2, 0.25) is 0 Å². The number of benzene rings is 1. The largest absolute Gasteiger partial charge is 0.443 e. The van der Waals surface area contributed by atoms with Crippen LogP contribution in [-0.4, -0.2) is 23.4 Å². The van der Waals surface area contributed by atoms with Gasteiger partial charge in [-0.1, -0.05) is 22.0 Å². The predicted octanol–water partition coefficient (Wildman–Crippen LogP) is 6.47. The van der Waals surface area contributed by atoms with Gasteiger partial charge in [0.25, 0.3) is 0 Å². The van der Waals surface area contributed by atoms with Gasteiger partial charge in [0.1, 0.15) is 11.2 Å². The van der Waals surface area contributed by atoms with Crippen molar-refractivity contribution in [1.82, 2.24) is 0 Å². The molecule has 5 nitrogen and oxygen atoms in total. The normalized spacial score (nSPS) is 12.1. The Kier molecular flexibility index (Phi) is 6.02. The van der Waals surface area contributed by atoms with E-state index >= 15 is 0 Å². The van der Waals surface area contributed by atoms with Crippen molar-refractivity contribution in [3.8, 4) is 0 Å². The molecule has 0 unspecified atom stereocenters. The third kappa shape index (κ3) is 5.20. The Morgan fingerprint density at radius 1 is 1.04 bits per heavy atom. The fourth-order valence-electron chi connectivity index (χ4n) is 2.21. The van der Waals surface area contributed by atoms with Crippen LogP contribution in [0.15, 0.2) is 23.6 Å². The summed E-state index contributed by atoms with van der Waals surface area (Å²) < 4.78 is 11.9. The van der Waals surface area contributed by atoms with Gasteiger partial charge in [0, 0.05) is 20.8 Å². The molecule has 2 amide bonds. The van der Waals surface area contributed by atoms with Gasteiger partial charge in [0.2, 0.25) is 0 Å². The lowest BCUT2D eigenvalue weighted by atomic mass is 10.1. The molecule has 0 saturated carbocycles. The van der Waals surface area contributed by atoms with Crippen LogP contribution in [0.1, 0.15) is 47.1 Å². The summed E-state index contributed by atoms with van der Waals surface area (Å²) in [4.78, 5) is 26.5. The van der Waals surface area contributed by atoms with Gasteiger partial charge in [0.15, 0.2) is 0 Å². The molecule has 0 spiro atoms. The van der Waals surface area contributed by atoms with E-state index in [9.17, 15) is 9.59 Å². The molecule has 0 fully saturated rings.